The summed E-state index contributed by atoms with van der Waals surface area (Å²) in [6, 6.07) is 16.5. The highest BCUT2D eigenvalue weighted by Crippen LogP contribution is 2.45. The largest absolute Gasteiger partial charge is 0.507 e. The van der Waals surface area contributed by atoms with Gasteiger partial charge in [-0.3, -0.25) is 14.6 Å². The van der Waals surface area contributed by atoms with Crippen LogP contribution in [0.1, 0.15) is 29.2 Å². The van der Waals surface area contributed by atoms with Crippen LogP contribution < -0.4 is 10.2 Å². The molecule has 1 atom stereocenters. The molecule has 0 aliphatic rings. The lowest BCUT2D eigenvalue weighted by Crippen LogP contribution is -2.12. The topological polar surface area (TPSA) is 180 Å². The van der Waals surface area contributed by atoms with E-state index in [9.17, 15) is 35.1 Å². The summed E-state index contributed by atoms with van der Waals surface area (Å²) in [5, 5.41) is 51.5. The Morgan fingerprint density at radius 2 is 1.67 bits per heavy atom. The summed E-state index contributed by atoms with van der Waals surface area (Å²) in [5.74, 6) is -4.48. The van der Waals surface area contributed by atoms with Crippen LogP contribution in [0, 0.1) is 0 Å². The molecular weight excluding hydrogens is 546 g/mol. The Balaban J connectivity index is 1.65. The van der Waals surface area contributed by atoms with Crippen molar-refractivity contribution in [3.8, 4) is 45.8 Å². The number of aromatic nitrogens is 1. The smallest absolute Gasteiger partial charge is 0.306 e. The van der Waals surface area contributed by atoms with Crippen molar-refractivity contribution in [1.82, 2.24) is 4.98 Å². The van der Waals surface area contributed by atoms with E-state index in [1.807, 2.05) is 12.1 Å². The van der Waals surface area contributed by atoms with Crippen molar-refractivity contribution in [2.24, 2.45) is 0 Å². The van der Waals surface area contributed by atoms with Crippen LogP contribution in [0.25, 0.3) is 22.3 Å². The number of nitrogens with zero attached hydrogens (tertiary/aromatic N) is 1. The van der Waals surface area contributed by atoms with Crippen LogP contribution >= 0.6 is 0 Å². The van der Waals surface area contributed by atoms with Gasteiger partial charge in [-0.2, -0.15) is 0 Å². The number of fused-ring (bicyclic) bond motifs is 1. The molecule has 11 heteroatoms. The zero-order chi connectivity index (χ0) is 30.0. The number of hydrogen-bond acceptors (Lipinski definition) is 11. The molecule has 2 aromatic heterocycles. The molecule has 42 heavy (non-hydrogen) atoms. The standard InChI is InChI=1S/C31H25NO10/c1-40-25(37)13-20(16-5-8-19(9-6-16)41-15-18-4-2-3-11-32-18)26-23(35)14-24(36)27-28(38)29(39)30(42-31(26)27)17-7-10-21(33)22(34)12-17/h2-12,14,20,33-36,39H,13,15H2,1H3. The van der Waals surface area contributed by atoms with Crippen molar-refractivity contribution in [2.45, 2.75) is 18.9 Å². The van der Waals surface area contributed by atoms with E-state index in [1.165, 1.54) is 13.2 Å². The zero-order valence-corrected chi connectivity index (χ0v) is 22.1. The Kier molecular flexibility index (Phi) is 7.57. The van der Waals surface area contributed by atoms with Gasteiger partial charge in [0.05, 0.1) is 19.2 Å². The lowest BCUT2D eigenvalue weighted by Gasteiger charge is -2.21. The SMILES string of the molecule is COC(=O)CC(c1ccc(OCc2ccccn2)cc1)c1c(O)cc(O)c2c(=O)c(O)c(-c3ccc(O)c(O)c3)oc12. The van der Waals surface area contributed by atoms with E-state index in [-0.39, 0.29) is 29.7 Å². The summed E-state index contributed by atoms with van der Waals surface area (Å²) >= 11 is 0. The van der Waals surface area contributed by atoms with Crippen molar-refractivity contribution in [2.75, 3.05) is 7.11 Å². The Hall–Kier alpha value is -5.71. The molecule has 5 rings (SSSR count). The quantitative estimate of drug-likeness (QED) is 0.129. The lowest BCUT2D eigenvalue weighted by molar-refractivity contribution is -0.140. The molecule has 5 N–H and O–H groups in total. The second-order valence-electron chi connectivity index (χ2n) is 9.36. The van der Waals surface area contributed by atoms with Crippen LogP contribution in [-0.2, 0) is 16.1 Å². The Labute approximate surface area is 238 Å². The van der Waals surface area contributed by atoms with Crippen molar-refractivity contribution in [3.05, 3.63) is 100.0 Å². The molecule has 0 radical (unpaired) electrons. The average molecular weight is 572 g/mol. The van der Waals surface area contributed by atoms with Gasteiger partial charge in [0.15, 0.2) is 17.3 Å². The number of hydrogen-bond donors (Lipinski definition) is 5. The average Bonchev–Trinajstić information content (AvgIpc) is 2.99. The second-order valence-corrected chi connectivity index (χ2v) is 9.36. The minimum atomic E-state index is -1.02. The van der Waals surface area contributed by atoms with Crippen molar-refractivity contribution in [3.63, 3.8) is 0 Å². The molecule has 0 amide bonds. The second kappa shape index (κ2) is 11.4. The number of rotatable bonds is 8. The summed E-state index contributed by atoms with van der Waals surface area (Å²) in [5.41, 5.74) is -0.102. The van der Waals surface area contributed by atoms with Gasteiger partial charge in [0, 0.05) is 29.3 Å². The van der Waals surface area contributed by atoms with Crippen LogP contribution in [0.15, 0.2) is 82.1 Å². The molecular formula is C31H25NO10. The fourth-order valence-electron chi connectivity index (χ4n) is 4.61. The number of methoxy groups -OCH3 is 1. The van der Waals surface area contributed by atoms with E-state index in [0.717, 1.165) is 23.9 Å². The number of ether oxygens (including phenoxy) is 2. The van der Waals surface area contributed by atoms with Gasteiger partial charge in [0.2, 0.25) is 11.2 Å². The fourth-order valence-corrected chi connectivity index (χ4v) is 4.61. The molecule has 0 saturated carbocycles. The summed E-state index contributed by atoms with van der Waals surface area (Å²) in [4.78, 5) is 30.0. The first-order chi connectivity index (χ1) is 20.2. The molecule has 214 valence electrons. The zero-order valence-electron chi connectivity index (χ0n) is 22.1. The van der Waals surface area contributed by atoms with E-state index >= 15 is 0 Å². The Morgan fingerprint density at radius 1 is 0.905 bits per heavy atom. The molecule has 0 spiro atoms. The first-order valence-electron chi connectivity index (χ1n) is 12.6. The van der Waals surface area contributed by atoms with Crippen molar-refractivity contribution < 1.29 is 44.2 Å². The minimum absolute atomic E-state index is 0.0227. The number of carbonyl (C=O) groups excluding carboxylic acids is 1. The van der Waals surface area contributed by atoms with Crippen LogP contribution in [0.5, 0.6) is 34.5 Å². The van der Waals surface area contributed by atoms with Crippen molar-refractivity contribution >= 4 is 16.9 Å². The highest BCUT2D eigenvalue weighted by atomic mass is 16.5. The monoisotopic (exact) mass is 571 g/mol. The number of carbonyl (C=O) groups is 1. The van der Waals surface area contributed by atoms with Gasteiger partial charge in [0.1, 0.15) is 34.8 Å². The van der Waals surface area contributed by atoms with Gasteiger partial charge in [-0.1, -0.05) is 18.2 Å². The molecule has 1 unspecified atom stereocenters. The third kappa shape index (κ3) is 5.35. The summed E-state index contributed by atoms with van der Waals surface area (Å²) < 4.78 is 16.6. The fraction of sp³-hybridized carbons (Fsp3) is 0.129. The normalized spacial score (nSPS) is 11.7. The van der Waals surface area contributed by atoms with Gasteiger partial charge in [-0.15, -0.1) is 0 Å². The summed E-state index contributed by atoms with van der Waals surface area (Å²) in [6.45, 7) is 0.222. The maximum Gasteiger partial charge on any atom is 0.306 e. The molecule has 0 aliphatic heterocycles. The molecule has 3 aromatic carbocycles. The molecule has 2 heterocycles. The van der Waals surface area contributed by atoms with Crippen LogP contribution in [0.2, 0.25) is 0 Å². The van der Waals surface area contributed by atoms with E-state index < -0.39 is 57.2 Å². The molecule has 0 saturated heterocycles. The number of pyridine rings is 1. The number of esters is 1. The third-order valence-corrected chi connectivity index (χ3v) is 6.72. The first-order valence-corrected chi connectivity index (χ1v) is 12.6. The molecule has 0 aliphatic carbocycles. The number of phenolic OH excluding ortho intramolecular Hbond substituents is 4. The lowest BCUT2D eigenvalue weighted by atomic mass is 9.86. The summed E-state index contributed by atoms with van der Waals surface area (Å²) in [7, 11) is 1.20. The maximum absolute atomic E-state index is 13.3. The molecule has 11 nitrogen and oxygen atoms in total. The number of aromatic hydroxyl groups is 5. The Morgan fingerprint density at radius 3 is 2.33 bits per heavy atom. The maximum atomic E-state index is 13.3. The number of phenols is 4. The van der Waals surface area contributed by atoms with E-state index in [4.69, 9.17) is 13.9 Å². The van der Waals surface area contributed by atoms with Crippen molar-refractivity contribution in [1.29, 1.82) is 0 Å². The van der Waals surface area contributed by atoms with E-state index in [0.29, 0.717) is 11.3 Å². The highest BCUT2D eigenvalue weighted by molar-refractivity contribution is 5.92. The highest BCUT2D eigenvalue weighted by Gasteiger charge is 2.30. The third-order valence-electron chi connectivity index (χ3n) is 6.72. The van der Waals surface area contributed by atoms with Gasteiger partial charge in [-0.05, 0) is 48.0 Å². The first kappa shape index (κ1) is 27.8. The van der Waals surface area contributed by atoms with Crippen LogP contribution in [0.4, 0.5) is 0 Å². The van der Waals surface area contributed by atoms with E-state index in [1.54, 1.807) is 36.5 Å². The van der Waals surface area contributed by atoms with Gasteiger partial charge in [0.25, 0.3) is 0 Å². The predicted octanol–water partition coefficient (Wildman–Crippen LogP) is 4.66. The van der Waals surface area contributed by atoms with Crippen LogP contribution in [0.3, 0.4) is 0 Å². The molecule has 0 bridgehead atoms. The summed E-state index contributed by atoms with van der Waals surface area (Å²) in [6.07, 6.45) is 1.36. The van der Waals surface area contributed by atoms with Gasteiger partial charge in [-0.25, -0.2) is 0 Å². The van der Waals surface area contributed by atoms with Gasteiger partial charge < -0.3 is 39.4 Å². The van der Waals surface area contributed by atoms with Gasteiger partial charge >= 0.3 is 5.97 Å². The Bertz CT molecular complexity index is 1830. The van der Waals surface area contributed by atoms with Crippen LogP contribution in [-0.4, -0.2) is 43.6 Å². The number of benzene rings is 3. The minimum Gasteiger partial charge on any atom is -0.507 e. The molecule has 0 fully saturated rings. The predicted molar refractivity (Wildman–Crippen MR) is 150 cm³/mol. The molecule has 5 aromatic rings. The van der Waals surface area contributed by atoms with E-state index in [2.05, 4.69) is 4.98 Å².